The van der Waals surface area contributed by atoms with Gasteiger partial charge in [0.2, 0.25) is 0 Å². The molecule has 24 heavy (non-hydrogen) atoms. The molecule has 0 fully saturated rings. The fourth-order valence-corrected chi connectivity index (χ4v) is 3.87. The van der Waals surface area contributed by atoms with Gasteiger partial charge >= 0.3 is 0 Å². The Morgan fingerprint density at radius 2 is 2.21 bits per heavy atom. The lowest BCUT2D eigenvalue weighted by atomic mass is 9.64. The van der Waals surface area contributed by atoms with Crippen molar-refractivity contribution in [2.24, 2.45) is 5.92 Å². The van der Waals surface area contributed by atoms with Crippen molar-refractivity contribution >= 4 is 11.5 Å². The average molecular weight is 329 g/mol. The molecule has 0 amide bonds. The van der Waals surface area contributed by atoms with Gasteiger partial charge in [-0.2, -0.15) is 5.10 Å². The second-order valence-corrected chi connectivity index (χ2v) is 6.66. The van der Waals surface area contributed by atoms with Crippen LogP contribution in [0.15, 0.2) is 24.3 Å². The standard InChI is InChI=1S/C17H19N3O4/c1-9-14-13(19-18-9)8-17(3,22)16(10(2)21)15(14)11-5-4-6-12(7-11)20(23)24/h4-7,15-16,22H,8H2,1-3H3,(H,18,19)/t15-,16-,17+/m0/s1. The highest BCUT2D eigenvalue weighted by Crippen LogP contribution is 2.47. The van der Waals surface area contributed by atoms with Gasteiger partial charge in [-0.3, -0.25) is 20.0 Å². The number of benzene rings is 1. The van der Waals surface area contributed by atoms with E-state index in [4.69, 9.17) is 0 Å². The molecule has 126 valence electrons. The number of aryl methyl sites for hydroxylation is 1. The molecule has 0 unspecified atom stereocenters. The number of hydrogen-bond donors (Lipinski definition) is 2. The summed E-state index contributed by atoms with van der Waals surface area (Å²) in [5.41, 5.74) is 1.69. The number of H-pyrrole nitrogens is 1. The Bertz CT molecular complexity index is 825. The highest BCUT2D eigenvalue weighted by atomic mass is 16.6. The van der Waals surface area contributed by atoms with Crippen LogP contribution >= 0.6 is 0 Å². The fraction of sp³-hybridized carbons (Fsp3) is 0.412. The first-order valence-corrected chi connectivity index (χ1v) is 7.73. The van der Waals surface area contributed by atoms with Gasteiger partial charge in [0.1, 0.15) is 5.78 Å². The molecule has 1 aromatic carbocycles. The number of aromatic nitrogens is 2. The number of hydrogen-bond acceptors (Lipinski definition) is 5. The van der Waals surface area contributed by atoms with Crippen LogP contribution in [0.2, 0.25) is 0 Å². The molecule has 1 heterocycles. The molecule has 0 bridgehead atoms. The van der Waals surface area contributed by atoms with Gasteiger partial charge in [-0.15, -0.1) is 0 Å². The smallest absolute Gasteiger partial charge is 0.269 e. The summed E-state index contributed by atoms with van der Waals surface area (Å²) >= 11 is 0. The minimum Gasteiger partial charge on any atom is -0.389 e. The predicted molar refractivity (Wildman–Crippen MR) is 86.8 cm³/mol. The van der Waals surface area contributed by atoms with Crippen molar-refractivity contribution in [2.75, 3.05) is 0 Å². The third kappa shape index (κ3) is 2.50. The van der Waals surface area contributed by atoms with Gasteiger partial charge in [-0.1, -0.05) is 12.1 Å². The van der Waals surface area contributed by atoms with E-state index in [-0.39, 0.29) is 17.9 Å². The number of carbonyl (C=O) groups excluding carboxylic acids is 1. The second kappa shape index (κ2) is 5.52. The number of non-ortho nitro benzene ring substituents is 1. The molecule has 3 rings (SSSR count). The number of aliphatic hydroxyl groups is 1. The minimum atomic E-state index is -1.27. The van der Waals surface area contributed by atoms with Crippen LogP contribution in [0.5, 0.6) is 0 Å². The van der Waals surface area contributed by atoms with Crippen molar-refractivity contribution in [1.29, 1.82) is 0 Å². The highest BCUT2D eigenvalue weighted by molar-refractivity contribution is 5.82. The Balaban J connectivity index is 2.24. The fourth-order valence-electron chi connectivity index (χ4n) is 3.87. The lowest BCUT2D eigenvalue weighted by molar-refractivity contribution is -0.384. The zero-order valence-electron chi connectivity index (χ0n) is 13.7. The van der Waals surface area contributed by atoms with E-state index >= 15 is 0 Å². The van der Waals surface area contributed by atoms with Crippen molar-refractivity contribution < 1.29 is 14.8 Å². The molecule has 0 aliphatic heterocycles. The number of aromatic amines is 1. The summed E-state index contributed by atoms with van der Waals surface area (Å²) in [5.74, 6) is -1.31. The maximum atomic E-state index is 12.3. The third-order valence-electron chi connectivity index (χ3n) is 4.79. The average Bonchev–Trinajstić information content (AvgIpc) is 2.85. The molecule has 0 spiro atoms. The number of ketones is 1. The molecule has 7 nitrogen and oxygen atoms in total. The summed E-state index contributed by atoms with van der Waals surface area (Å²) in [6, 6.07) is 6.24. The Kier molecular flexibility index (Phi) is 3.76. The van der Waals surface area contributed by atoms with E-state index in [2.05, 4.69) is 10.2 Å². The molecule has 3 atom stereocenters. The summed E-state index contributed by atoms with van der Waals surface area (Å²) in [7, 11) is 0. The summed E-state index contributed by atoms with van der Waals surface area (Å²) in [5, 5.41) is 29.1. The number of nitrogens with one attached hydrogen (secondary N) is 1. The number of fused-ring (bicyclic) bond motifs is 1. The van der Waals surface area contributed by atoms with E-state index in [1.165, 1.54) is 19.1 Å². The molecule has 7 heteroatoms. The van der Waals surface area contributed by atoms with Gasteiger partial charge in [0.15, 0.2) is 0 Å². The lowest BCUT2D eigenvalue weighted by Crippen LogP contribution is -2.48. The van der Waals surface area contributed by atoms with Crippen molar-refractivity contribution in [3.8, 4) is 0 Å². The van der Waals surface area contributed by atoms with Crippen molar-refractivity contribution in [3.05, 3.63) is 56.9 Å². The normalized spacial score (nSPS) is 26.0. The van der Waals surface area contributed by atoms with Crippen LogP contribution < -0.4 is 0 Å². The highest BCUT2D eigenvalue weighted by Gasteiger charge is 2.48. The van der Waals surface area contributed by atoms with E-state index in [1.54, 1.807) is 19.1 Å². The topological polar surface area (TPSA) is 109 Å². The number of Topliss-reactive ketones (excluding diaryl/α,β-unsaturated/α-hetero) is 1. The molecule has 0 radical (unpaired) electrons. The van der Waals surface area contributed by atoms with Crippen LogP contribution in [-0.2, 0) is 11.2 Å². The van der Waals surface area contributed by atoms with Crippen LogP contribution in [0.1, 0.15) is 42.3 Å². The Hall–Kier alpha value is -2.54. The molecule has 1 aromatic heterocycles. The summed E-state index contributed by atoms with van der Waals surface area (Å²) in [4.78, 5) is 23.0. The van der Waals surface area contributed by atoms with Crippen molar-refractivity contribution in [1.82, 2.24) is 10.2 Å². The van der Waals surface area contributed by atoms with Gasteiger partial charge in [0, 0.05) is 35.7 Å². The number of nitrogens with zero attached hydrogens (tertiary/aromatic N) is 2. The van der Waals surface area contributed by atoms with E-state index in [1.807, 2.05) is 6.92 Å². The summed E-state index contributed by atoms with van der Waals surface area (Å²) in [6.07, 6.45) is 0.266. The van der Waals surface area contributed by atoms with Crippen LogP contribution in [0, 0.1) is 23.0 Å². The van der Waals surface area contributed by atoms with E-state index in [9.17, 15) is 20.0 Å². The SMILES string of the molecule is CC(=O)[C@H]1[C@@H](c2cccc([N+](=O)[O-])c2)c2c(n[nH]c2C)C[C@@]1(C)O. The maximum absolute atomic E-state index is 12.3. The monoisotopic (exact) mass is 329 g/mol. The number of rotatable bonds is 3. The second-order valence-electron chi connectivity index (χ2n) is 6.66. The molecule has 1 aliphatic carbocycles. The Morgan fingerprint density at radius 1 is 1.50 bits per heavy atom. The molecule has 0 saturated heterocycles. The quantitative estimate of drug-likeness (QED) is 0.663. The van der Waals surface area contributed by atoms with Crippen LogP contribution in [0.25, 0.3) is 0 Å². The summed E-state index contributed by atoms with van der Waals surface area (Å²) < 4.78 is 0. The van der Waals surface area contributed by atoms with Gasteiger partial charge in [-0.05, 0) is 26.3 Å². The molecular weight excluding hydrogens is 310 g/mol. The van der Waals surface area contributed by atoms with Crippen molar-refractivity contribution in [3.63, 3.8) is 0 Å². The molecular formula is C17H19N3O4. The van der Waals surface area contributed by atoms with Crippen LogP contribution in [-0.4, -0.2) is 31.6 Å². The number of nitro groups is 1. The number of nitro benzene ring substituents is 1. The summed E-state index contributed by atoms with van der Waals surface area (Å²) in [6.45, 7) is 4.92. The lowest BCUT2D eigenvalue weighted by Gasteiger charge is -2.41. The molecule has 0 saturated carbocycles. The zero-order valence-corrected chi connectivity index (χ0v) is 13.7. The largest absolute Gasteiger partial charge is 0.389 e. The third-order valence-corrected chi connectivity index (χ3v) is 4.79. The molecule has 2 N–H and O–H groups in total. The Labute approximate surface area is 138 Å². The van der Waals surface area contributed by atoms with Gasteiger partial charge in [-0.25, -0.2) is 0 Å². The van der Waals surface area contributed by atoms with Crippen LogP contribution in [0.4, 0.5) is 5.69 Å². The van der Waals surface area contributed by atoms with E-state index in [0.717, 1.165) is 11.3 Å². The van der Waals surface area contributed by atoms with Gasteiger partial charge in [0.25, 0.3) is 5.69 Å². The van der Waals surface area contributed by atoms with Crippen LogP contribution in [0.3, 0.4) is 0 Å². The van der Waals surface area contributed by atoms with Gasteiger partial charge in [0.05, 0.1) is 22.1 Å². The first-order valence-electron chi connectivity index (χ1n) is 7.73. The van der Waals surface area contributed by atoms with Gasteiger partial charge < -0.3 is 5.11 Å². The molecule has 1 aliphatic rings. The zero-order chi connectivity index (χ0) is 17.6. The Morgan fingerprint density at radius 3 is 2.83 bits per heavy atom. The van der Waals surface area contributed by atoms with E-state index in [0.29, 0.717) is 11.3 Å². The van der Waals surface area contributed by atoms with E-state index < -0.39 is 22.4 Å². The first-order chi connectivity index (χ1) is 11.2. The maximum Gasteiger partial charge on any atom is 0.269 e. The number of carbonyl (C=O) groups is 1. The minimum absolute atomic E-state index is 0.0392. The van der Waals surface area contributed by atoms with Crippen molar-refractivity contribution in [2.45, 2.75) is 38.7 Å². The molecule has 2 aromatic rings. The predicted octanol–water partition coefficient (Wildman–Crippen LogP) is 2.27. The first kappa shape index (κ1) is 16.3.